The van der Waals surface area contributed by atoms with Gasteiger partial charge in [0.25, 0.3) is 0 Å². The molecule has 0 spiro atoms. The van der Waals surface area contributed by atoms with Gasteiger partial charge in [-0.3, -0.25) is 4.79 Å². The predicted molar refractivity (Wildman–Crippen MR) is 100 cm³/mol. The molecule has 2 aromatic rings. The number of amides is 1. The lowest BCUT2D eigenvalue weighted by Crippen LogP contribution is -2.53. The van der Waals surface area contributed by atoms with E-state index in [1.165, 1.54) is 30.4 Å². The number of hydrogen-bond donors (Lipinski definition) is 1. The van der Waals surface area contributed by atoms with Crippen molar-refractivity contribution in [3.8, 4) is 0 Å². The largest absolute Gasteiger partial charge is 0.352 e. The van der Waals surface area contributed by atoms with Crippen molar-refractivity contribution >= 4 is 5.91 Å². The zero-order valence-electron chi connectivity index (χ0n) is 15.2. The highest BCUT2D eigenvalue weighted by Crippen LogP contribution is 2.60. The van der Waals surface area contributed by atoms with Crippen LogP contribution >= 0.6 is 0 Å². The van der Waals surface area contributed by atoms with E-state index in [0.29, 0.717) is 12.5 Å². The number of nitrogens with one attached hydrogen (secondary N) is 1. The molecule has 0 saturated heterocycles. The van der Waals surface area contributed by atoms with Gasteiger partial charge in [0, 0.05) is 30.9 Å². The molecule has 1 aromatic heterocycles. The molecule has 1 N–H and O–H groups in total. The van der Waals surface area contributed by atoms with E-state index in [2.05, 4.69) is 39.1 Å². The third-order valence-electron chi connectivity index (χ3n) is 6.89. The van der Waals surface area contributed by atoms with Crippen LogP contribution in [-0.2, 0) is 17.9 Å². The van der Waals surface area contributed by atoms with Crippen LogP contribution in [0.25, 0.3) is 0 Å². The van der Waals surface area contributed by atoms with Gasteiger partial charge in [-0.05, 0) is 67.4 Å². The number of benzene rings is 1. The Hall–Kier alpha value is -2.10. The second kappa shape index (κ2) is 6.26. The molecule has 4 fully saturated rings. The fourth-order valence-electron chi connectivity index (χ4n) is 6.19. The predicted octanol–water partition coefficient (Wildman–Crippen LogP) is 3.76. The molecular weight excluding hydrogens is 322 g/mol. The topological polar surface area (TPSA) is 46.9 Å². The van der Waals surface area contributed by atoms with Crippen LogP contribution in [0.4, 0.5) is 0 Å². The zero-order valence-corrected chi connectivity index (χ0v) is 15.2. The lowest BCUT2D eigenvalue weighted by molar-refractivity contribution is -0.146. The van der Waals surface area contributed by atoms with Crippen molar-refractivity contribution in [2.45, 2.75) is 51.6 Å². The molecule has 26 heavy (non-hydrogen) atoms. The molecule has 4 aliphatic carbocycles. The molecule has 0 atom stereocenters. The lowest BCUT2D eigenvalue weighted by atomic mass is 9.49. The van der Waals surface area contributed by atoms with Gasteiger partial charge < -0.3 is 9.88 Å². The standard InChI is InChI=1S/C22H27N3O/c26-21(22-10-18-7-19(11-22)9-20(8-18)12-22)24-13-16-2-1-3-17(6-16)14-25-5-4-23-15-25/h1-6,15,18-20H,7-14H2,(H,24,26). The molecule has 1 aromatic carbocycles. The number of rotatable bonds is 5. The smallest absolute Gasteiger partial charge is 0.226 e. The quantitative estimate of drug-likeness (QED) is 0.893. The van der Waals surface area contributed by atoms with E-state index in [1.807, 2.05) is 12.5 Å². The molecule has 0 aliphatic heterocycles. The first kappa shape index (κ1) is 16.1. The van der Waals surface area contributed by atoms with Gasteiger partial charge in [-0.2, -0.15) is 0 Å². The number of imidazole rings is 1. The summed E-state index contributed by atoms with van der Waals surface area (Å²) in [4.78, 5) is 17.2. The summed E-state index contributed by atoms with van der Waals surface area (Å²) in [5.41, 5.74) is 2.37. The minimum atomic E-state index is -0.0524. The Labute approximate surface area is 155 Å². The maximum Gasteiger partial charge on any atom is 0.226 e. The molecule has 6 rings (SSSR count). The Balaban J connectivity index is 1.24. The molecule has 4 saturated carbocycles. The van der Waals surface area contributed by atoms with Gasteiger partial charge in [0.15, 0.2) is 0 Å². The SMILES string of the molecule is O=C(NCc1cccc(Cn2ccnc2)c1)C12CC3CC(CC(C3)C1)C2. The second-order valence-electron chi connectivity index (χ2n) is 8.94. The fraction of sp³-hybridized carbons (Fsp3) is 0.545. The summed E-state index contributed by atoms with van der Waals surface area (Å²) in [7, 11) is 0. The Morgan fingerprint density at radius 2 is 1.81 bits per heavy atom. The summed E-state index contributed by atoms with van der Waals surface area (Å²) in [5, 5.41) is 3.28. The van der Waals surface area contributed by atoms with Gasteiger partial charge in [0.2, 0.25) is 5.91 Å². The van der Waals surface area contributed by atoms with Crippen molar-refractivity contribution < 1.29 is 4.79 Å². The minimum Gasteiger partial charge on any atom is -0.352 e. The summed E-state index contributed by atoms with van der Waals surface area (Å²) in [5.74, 6) is 2.75. The van der Waals surface area contributed by atoms with E-state index in [0.717, 1.165) is 43.6 Å². The lowest BCUT2D eigenvalue weighted by Gasteiger charge is -2.55. The number of nitrogens with zero attached hydrogens (tertiary/aromatic N) is 2. The molecule has 1 amide bonds. The van der Waals surface area contributed by atoms with Gasteiger partial charge in [0.1, 0.15) is 0 Å². The Morgan fingerprint density at radius 1 is 1.12 bits per heavy atom. The highest BCUT2D eigenvalue weighted by molar-refractivity contribution is 5.83. The van der Waals surface area contributed by atoms with Gasteiger partial charge in [-0.15, -0.1) is 0 Å². The van der Waals surface area contributed by atoms with Gasteiger partial charge in [-0.25, -0.2) is 4.98 Å². The molecule has 4 heteroatoms. The molecule has 0 unspecified atom stereocenters. The maximum atomic E-state index is 13.1. The first-order valence-corrected chi connectivity index (χ1v) is 10.0. The molecule has 136 valence electrons. The monoisotopic (exact) mass is 349 g/mol. The van der Waals surface area contributed by atoms with E-state index in [9.17, 15) is 4.79 Å². The second-order valence-corrected chi connectivity index (χ2v) is 8.94. The number of aromatic nitrogens is 2. The van der Waals surface area contributed by atoms with E-state index in [4.69, 9.17) is 0 Å². The van der Waals surface area contributed by atoms with Crippen LogP contribution in [0.3, 0.4) is 0 Å². The third-order valence-corrected chi connectivity index (χ3v) is 6.89. The fourth-order valence-corrected chi connectivity index (χ4v) is 6.19. The zero-order chi connectivity index (χ0) is 17.6. The van der Waals surface area contributed by atoms with Gasteiger partial charge in [-0.1, -0.05) is 24.3 Å². The van der Waals surface area contributed by atoms with E-state index >= 15 is 0 Å². The van der Waals surface area contributed by atoms with Crippen LogP contribution in [-0.4, -0.2) is 15.5 Å². The summed E-state index contributed by atoms with van der Waals surface area (Å²) in [6.07, 6.45) is 13.1. The number of hydrogen-bond acceptors (Lipinski definition) is 2. The van der Waals surface area contributed by atoms with Crippen molar-refractivity contribution in [1.29, 1.82) is 0 Å². The average Bonchev–Trinajstić information content (AvgIpc) is 3.12. The summed E-state index contributed by atoms with van der Waals surface area (Å²) in [6, 6.07) is 8.51. The van der Waals surface area contributed by atoms with Gasteiger partial charge >= 0.3 is 0 Å². The third kappa shape index (κ3) is 2.95. The first-order valence-electron chi connectivity index (χ1n) is 10.0. The van der Waals surface area contributed by atoms with Crippen LogP contribution < -0.4 is 5.32 Å². The van der Waals surface area contributed by atoms with Crippen molar-refractivity contribution in [1.82, 2.24) is 14.9 Å². The Morgan fingerprint density at radius 3 is 2.46 bits per heavy atom. The van der Waals surface area contributed by atoms with E-state index in [1.54, 1.807) is 6.20 Å². The molecular formula is C22H27N3O. The minimum absolute atomic E-state index is 0.0524. The number of carbonyl (C=O) groups excluding carboxylic acids is 1. The molecule has 4 nitrogen and oxygen atoms in total. The highest BCUT2D eigenvalue weighted by atomic mass is 16.2. The summed E-state index contributed by atoms with van der Waals surface area (Å²) < 4.78 is 2.06. The number of carbonyl (C=O) groups is 1. The molecule has 0 radical (unpaired) electrons. The summed E-state index contributed by atoms with van der Waals surface area (Å²) in [6.45, 7) is 1.45. The van der Waals surface area contributed by atoms with Crippen LogP contribution in [0.1, 0.15) is 49.7 Å². The normalized spacial score (nSPS) is 31.9. The molecule has 4 bridgehead atoms. The van der Waals surface area contributed by atoms with Crippen molar-refractivity contribution in [3.05, 3.63) is 54.1 Å². The van der Waals surface area contributed by atoms with Gasteiger partial charge in [0.05, 0.1) is 6.33 Å². The van der Waals surface area contributed by atoms with Crippen LogP contribution in [0.15, 0.2) is 43.0 Å². The molecule has 1 heterocycles. The van der Waals surface area contributed by atoms with Crippen molar-refractivity contribution in [2.75, 3.05) is 0 Å². The Kier molecular flexibility index (Phi) is 3.87. The van der Waals surface area contributed by atoms with Crippen LogP contribution in [0.5, 0.6) is 0 Å². The molecule has 4 aliphatic rings. The van der Waals surface area contributed by atoms with E-state index in [-0.39, 0.29) is 5.41 Å². The van der Waals surface area contributed by atoms with Crippen molar-refractivity contribution in [3.63, 3.8) is 0 Å². The van der Waals surface area contributed by atoms with Crippen LogP contribution in [0.2, 0.25) is 0 Å². The maximum absolute atomic E-state index is 13.1. The van der Waals surface area contributed by atoms with Crippen LogP contribution in [0, 0.1) is 23.2 Å². The van der Waals surface area contributed by atoms with Crippen molar-refractivity contribution in [2.24, 2.45) is 23.2 Å². The highest BCUT2D eigenvalue weighted by Gasteiger charge is 2.54. The van der Waals surface area contributed by atoms with E-state index < -0.39 is 0 Å². The Bertz CT molecular complexity index is 760. The first-order chi connectivity index (χ1) is 12.7. The average molecular weight is 349 g/mol. The summed E-state index contributed by atoms with van der Waals surface area (Å²) >= 11 is 0.